The van der Waals surface area contributed by atoms with Crippen molar-refractivity contribution in [3.8, 4) is 0 Å². The molecule has 1 atom stereocenters. The van der Waals surface area contributed by atoms with Crippen molar-refractivity contribution < 1.29 is 53.0 Å². The predicted octanol–water partition coefficient (Wildman–Crippen LogP) is -6.08. The average molecular weight is 356 g/mol. The van der Waals surface area contributed by atoms with Crippen LogP contribution in [-0.2, 0) is 19.1 Å². The second-order valence-electron chi connectivity index (χ2n) is 2.96. The normalized spacial score (nSPS) is 23.2. The minimum Gasteiger partial charge on any atom is -1.00 e. The van der Waals surface area contributed by atoms with Crippen LogP contribution >= 0.6 is 0 Å². The summed E-state index contributed by atoms with van der Waals surface area (Å²) in [7, 11) is 0. The molecule has 1 saturated heterocycles. The molecule has 84 valence electrons. The van der Waals surface area contributed by atoms with Crippen molar-refractivity contribution in [2.45, 2.75) is 25.9 Å². The fourth-order valence-corrected chi connectivity index (χ4v) is 1.13. The molecule has 0 N–H and O–H groups in total. The van der Waals surface area contributed by atoms with E-state index in [9.17, 15) is 9.59 Å². The summed E-state index contributed by atoms with van der Waals surface area (Å²) in [5.41, 5.74) is -1.03. The van der Waals surface area contributed by atoms with E-state index in [4.69, 9.17) is 9.47 Å². The summed E-state index contributed by atoms with van der Waals surface area (Å²) in [5, 5.41) is 0. The third kappa shape index (κ3) is 5.62. The summed E-state index contributed by atoms with van der Waals surface area (Å²) in [6, 6.07) is 0. The molecule has 1 unspecified atom stereocenters. The van der Waals surface area contributed by atoms with E-state index in [1.807, 2.05) is 0 Å². The Bertz CT molecular complexity index is 225. The van der Waals surface area contributed by atoms with Crippen molar-refractivity contribution in [2.24, 2.45) is 0 Å². The van der Waals surface area contributed by atoms with Crippen molar-refractivity contribution in [1.82, 2.24) is 0 Å². The number of rotatable bonds is 2. The van der Waals surface area contributed by atoms with E-state index < -0.39 is 11.6 Å². The zero-order valence-electron chi connectivity index (χ0n) is 8.72. The Hall–Kier alpha value is 0.826. The molecule has 7 heteroatoms. The standard InChI is InChI=1S/C8H12O4.2BrH.Mg/c1-3-11-7(10)8(2)4-6(9)5-12-8;;;/h3-5H2,1-2H3;2*1H;/q;;;+2/p-2. The molecule has 0 spiro atoms. The van der Waals surface area contributed by atoms with Crippen molar-refractivity contribution in [3.05, 3.63) is 0 Å². The maximum Gasteiger partial charge on any atom is 2.00 e. The minimum atomic E-state index is -1.03. The zero-order chi connectivity index (χ0) is 9.19. The van der Waals surface area contributed by atoms with Crippen LogP contribution in [-0.4, -0.2) is 53.6 Å². The van der Waals surface area contributed by atoms with Gasteiger partial charge in [0, 0.05) is 6.42 Å². The Morgan fingerprint density at radius 3 is 2.40 bits per heavy atom. The third-order valence-electron chi connectivity index (χ3n) is 1.79. The Kier molecular flexibility index (Phi) is 12.6. The van der Waals surface area contributed by atoms with E-state index in [0.29, 0.717) is 6.61 Å². The first-order chi connectivity index (χ1) is 5.58. The predicted molar refractivity (Wildman–Crippen MR) is 46.4 cm³/mol. The van der Waals surface area contributed by atoms with E-state index in [0.717, 1.165) is 0 Å². The molecule has 0 aromatic heterocycles. The van der Waals surface area contributed by atoms with Gasteiger partial charge in [0.1, 0.15) is 6.61 Å². The quantitative estimate of drug-likeness (QED) is 0.365. The van der Waals surface area contributed by atoms with Gasteiger partial charge >= 0.3 is 29.0 Å². The van der Waals surface area contributed by atoms with E-state index >= 15 is 0 Å². The molecule has 0 radical (unpaired) electrons. The van der Waals surface area contributed by atoms with Crippen LogP contribution in [0.1, 0.15) is 20.3 Å². The Morgan fingerprint density at radius 1 is 1.53 bits per heavy atom. The zero-order valence-corrected chi connectivity index (χ0v) is 13.3. The molecule has 0 saturated carbocycles. The van der Waals surface area contributed by atoms with Crippen molar-refractivity contribution in [3.63, 3.8) is 0 Å². The first-order valence-electron chi connectivity index (χ1n) is 3.91. The van der Waals surface area contributed by atoms with Crippen molar-refractivity contribution in [2.75, 3.05) is 13.2 Å². The maximum absolute atomic E-state index is 11.2. The van der Waals surface area contributed by atoms with Gasteiger partial charge in [0.15, 0.2) is 11.4 Å². The number of carbonyl (C=O) groups is 2. The van der Waals surface area contributed by atoms with E-state index in [1.165, 1.54) is 0 Å². The molecule has 0 aromatic carbocycles. The van der Waals surface area contributed by atoms with Gasteiger partial charge in [0.05, 0.1) is 6.61 Å². The van der Waals surface area contributed by atoms with Gasteiger partial charge in [0.2, 0.25) is 0 Å². The molecule has 1 aliphatic rings. The largest absolute Gasteiger partial charge is 2.00 e. The fraction of sp³-hybridized carbons (Fsp3) is 0.750. The van der Waals surface area contributed by atoms with Crippen LogP contribution in [0, 0.1) is 0 Å². The van der Waals surface area contributed by atoms with Gasteiger partial charge in [0.25, 0.3) is 0 Å². The number of hydrogen-bond acceptors (Lipinski definition) is 4. The minimum absolute atomic E-state index is 0. The molecule has 0 aliphatic carbocycles. The van der Waals surface area contributed by atoms with Gasteiger partial charge < -0.3 is 43.4 Å². The number of carbonyl (C=O) groups excluding carboxylic acids is 2. The van der Waals surface area contributed by atoms with E-state index in [2.05, 4.69) is 0 Å². The summed E-state index contributed by atoms with van der Waals surface area (Å²) in [4.78, 5) is 22.0. The SMILES string of the molecule is CCOC(=O)C1(C)CC(=O)CO1.[Br-].[Br-].[Mg+2]. The number of ether oxygens (including phenoxy) is 2. The molecule has 15 heavy (non-hydrogen) atoms. The molecular weight excluding hydrogens is 344 g/mol. The van der Waals surface area contributed by atoms with Crippen molar-refractivity contribution >= 4 is 34.8 Å². The molecule has 0 bridgehead atoms. The van der Waals surface area contributed by atoms with Crippen LogP contribution in [0.25, 0.3) is 0 Å². The first-order valence-corrected chi connectivity index (χ1v) is 3.91. The van der Waals surface area contributed by atoms with E-state index in [-0.39, 0.29) is 75.8 Å². The second kappa shape index (κ2) is 8.92. The average Bonchev–Trinajstić information content (AvgIpc) is 2.33. The fourth-order valence-electron chi connectivity index (χ4n) is 1.13. The Morgan fingerprint density at radius 2 is 2.07 bits per heavy atom. The summed E-state index contributed by atoms with van der Waals surface area (Å²) in [6.07, 6.45) is 0.131. The number of esters is 1. The molecule has 0 aromatic rings. The smallest absolute Gasteiger partial charge is 1.00 e. The van der Waals surface area contributed by atoms with Gasteiger partial charge in [-0.15, -0.1) is 0 Å². The van der Waals surface area contributed by atoms with E-state index in [1.54, 1.807) is 13.8 Å². The first kappa shape index (κ1) is 21.1. The summed E-state index contributed by atoms with van der Waals surface area (Å²) in [5.74, 6) is -0.499. The molecular formula is C8H12Br2MgO4. The summed E-state index contributed by atoms with van der Waals surface area (Å²) >= 11 is 0. The number of ketones is 1. The van der Waals surface area contributed by atoms with Crippen LogP contribution in [0.5, 0.6) is 0 Å². The van der Waals surface area contributed by atoms with Gasteiger partial charge in [-0.25, -0.2) is 4.79 Å². The third-order valence-corrected chi connectivity index (χ3v) is 1.79. The molecule has 1 heterocycles. The van der Waals surface area contributed by atoms with Crippen molar-refractivity contribution in [1.29, 1.82) is 0 Å². The van der Waals surface area contributed by atoms with Gasteiger partial charge in [-0.3, -0.25) is 4.79 Å². The van der Waals surface area contributed by atoms with Crippen LogP contribution in [0.2, 0.25) is 0 Å². The molecule has 4 nitrogen and oxygen atoms in total. The van der Waals surface area contributed by atoms with Gasteiger partial charge in [-0.05, 0) is 13.8 Å². The molecule has 0 amide bonds. The number of Topliss-reactive ketones (excluding diaryl/α,β-unsaturated/α-hetero) is 1. The Balaban J connectivity index is -0.000000480. The van der Waals surface area contributed by atoms with Crippen LogP contribution in [0.3, 0.4) is 0 Å². The molecule has 1 rings (SSSR count). The maximum atomic E-state index is 11.2. The summed E-state index contributed by atoms with van der Waals surface area (Å²) < 4.78 is 9.80. The molecule has 1 aliphatic heterocycles. The Labute approximate surface area is 126 Å². The van der Waals surface area contributed by atoms with Crippen LogP contribution in [0.15, 0.2) is 0 Å². The van der Waals surface area contributed by atoms with Gasteiger partial charge in [-0.2, -0.15) is 0 Å². The second-order valence-corrected chi connectivity index (χ2v) is 2.96. The van der Waals surface area contributed by atoms with Crippen LogP contribution in [0.4, 0.5) is 0 Å². The number of hydrogen-bond donors (Lipinski definition) is 0. The topological polar surface area (TPSA) is 52.6 Å². The van der Waals surface area contributed by atoms with Gasteiger partial charge in [-0.1, -0.05) is 0 Å². The summed E-state index contributed by atoms with van der Waals surface area (Å²) in [6.45, 7) is 3.63. The van der Waals surface area contributed by atoms with Crippen LogP contribution < -0.4 is 34.0 Å². The molecule has 1 fully saturated rings. The number of halogens is 2. The monoisotopic (exact) mass is 354 g/mol.